The monoisotopic (exact) mass is 639 g/mol. The Morgan fingerprint density at radius 2 is 1.59 bits per heavy atom. The van der Waals surface area contributed by atoms with Crippen molar-refractivity contribution in [2.45, 2.75) is 75.8 Å². The van der Waals surface area contributed by atoms with Gasteiger partial charge >= 0.3 is 0 Å². The molecule has 2 amide bonds. The smallest absolute Gasteiger partial charge is 0.264 e. The maximum absolute atomic E-state index is 14.3. The van der Waals surface area contributed by atoms with Crippen LogP contribution in [0.5, 0.6) is 5.75 Å². The molecule has 1 aliphatic carbocycles. The average molecular weight is 640 g/mol. The first-order chi connectivity index (χ1) is 21.2. The molecule has 236 valence electrons. The lowest BCUT2D eigenvalue weighted by Crippen LogP contribution is -2.54. The van der Waals surface area contributed by atoms with Gasteiger partial charge in [-0.05, 0) is 74.6 Å². The van der Waals surface area contributed by atoms with Crippen LogP contribution in [0, 0.1) is 0 Å². The number of anilines is 1. The maximum atomic E-state index is 14.3. The van der Waals surface area contributed by atoms with Crippen molar-refractivity contribution in [3.8, 4) is 5.75 Å². The zero-order valence-corrected chi connectivity index (χ0v) is 27.0. The van der Waals surface area contributed by atoms with Crippen LogP contribution < -0.4 is 14.4 Å². The zero-order valence-electron chi connectivity index (χ0n) is 25.5. The van der Waals surface area contributed by atoms with Crippen LogP contribution in [0.25, 0.3) is 0 Å². The lowest BCUT2D eigenvalue weighted by atomic mass is 9.95. The first-order valence-corrected chi connectivity index (χ1v) is 17.2. The van der Waals surface area contributed by atoms with Gasteiger partial charge in [-0.2, -0.15) is 0 Å². The summed E-state index contributed by atoms with van der Waals surface area (Å²) in [4.78, 5) is 29.5. The summed E-state index contributed by atoms with van der Waals surface area (Å²) in [5.41, 5.74) is 1.25. The van der Waals surface area contributed by atoms with Crippen molar-refractivity contribution in [2.24, 2.45) is 0 Å². The van der Waals surface area contributed by atoms with Gasteiger partial charge in [0.2, 0.25) is 11.8 Å². The minimum Gasteiger partial charge on any atom is -0.492 e. The molecule has 8 nitrogen and oxygen atoms in total. The molecule has 0 saturated heterocycles. The molecule has 10 heteroatoms. The molecule has 0 radical (unpaired) electrons. The molecule has 0 bridgehead atoms. The van der Waals surface area contributed by atoms with E-state index in [1.807, 2.05) is 44.2 Å². The molecule has 4 rings (SSSR count). The normalized spacial score (nSPS) is 14.4. The molecule has 0 unspecified atom stereocenters. The molecular formula is C34H42ClN3O5S. The number of ether oxygens (including phenoxy) is 1. The second-order valence-electron chi connectivity index (χ2n) is 11.0. The van der Waals surface area contributed by atoms with Crippen LogP contribution in [0.2, 0.25) is 5.02 Å². The SMILES string of the molecule is CCOc1ccccc1N(CC(=O)N(CCc1ccccc1)[C@@H](CC)C(=O)NC1CCCCC1)S(=O)(=O)c1ccc(Cl)cc1. The Hall–Kier alpha value is -3.56. The standard InChI is InChI=1S/C34H42ClN3O5S/c1-3-30(34(40)36-28-15-9-6-10-16-28)37(24-23-26-13-7-5-8-14-26)33(39)25-38(31-17-11-12-18-32(31)43-4-2)44(41,42)29-21-19-27(35)20-22-29/h5,7-8,11-14,17-22,28,30H,3-4,6,9-10,15-16,23-25H2,1-2H3,(H,36,40)/t30-/m0/s1. The van der Waals surface area contributed by atoms with E-state index in [-0.39, 0.29) is 29.1 Å². The molecule has 1 aliphatic rings. The van der Waals surface area contributed by atoms with E-state index in [1.165, 1.54) is 24.3 Å². The number of sulfonamides is 1. The van der Waals surface area contributed by atoms with E-state index in [2.05, 4.69) is 5.32 Å². The van der Waals surface area contributed by atoms with Crippen LogP contribution >= 0.6 is 11.6 Å². The maximum Gasteiger partial charge on any atom is 0.264 e. The van der Waals surface area contributed by atoms with Gasteiger partial charge in [0.15, 0.2) is 0 Å². The summed E-state index contributed by atoms with van der Waals surface area (Å²) in [5.74, 6) is -0.351. The molecule has 1 atom stereocenters. The molecule has 3 aromatic rings. The lowest BCUT2D eigenvalue weighted by molar-refractivity contribution is -0.140. The third-order valence-corrected chi connectivity index (χ3v) is 9.96. The summed E-state index contributed by atoms with van der Waals surface area (Å²) in [5, 5.41) is 3.57. The summed E-state index contributed by atoms with van der Waals surface area (Å²) >= 11 is 6.06. The van der Waals surface area contributed by atoms with Crippen LogP contribution in [0.3, 0.4) is 0 Å². The summed E-state index contributed by atoms with van der Waals surface area (Å²) in [6.45, 7) is 3.73. The number of para-hydroxylation sites is 2. The Bertz CT molecular complexity index is 1480. The van der Waals surface area contributed by atoms with Crippen LogP contribution in [0.1, 0.15) is 57.9 Å². The van der Waals surface area contributed by atoms with E-state index in [0.29, 0.717) is 30.2 Å². The number of nitrogens with one attached hydrogen (secondary N) is 1. The number of halogens is 1. The minimum atomic E-state index is -4.24. The third kappa shape index (κ3) is 8.54. The molecule has 0 spiro atoms. The average Bonchev–Trinajstić information content (AvgIpc) is 3.03. The van der Waals surface area contributed by atoms with E-state index < -0.39 is 28.5 Å². The molecular weight excluding hydrogens is 598 g/mol. The fraction of sp³-hybridized carbons (Fsp3) is 0.412. The third-order valence-electron chi connectivity index (χ3n) is 7.94. The van der Waals surface area contributed by atoms with Crippen molar-refractivity contribution in [1.82, 2.24) is 10.2 Å². The summed E-state index contributed by atoms with van der Waals surface area (Å²) in [6, 6.07) is 21.6. The van der Waals surface area contributed by atoms with Crippen LogP contribution in [-0.2, 0) is 26.0 Å². The predicted octanol–water partition coefficient (Wildman–Crippen LogP) is 6.23. The molecule has 0 heterocycles. The fourth-order valence-corrected chi connectivity index (χ4v) is 7.18. The van der Waals surface area contributed by atoms with Gasteiger partial charge in [-0.15, -0.1) is 0 Å². The van der Waals surface area contributed by atoms with E-state index in [9.17, 15) is 18.0 Å². The molecule has 0 aromatic heterocycles. The number of amides is 2. The van der Waals surface area contributed by atoms with Gasteiger partial charge in [-0.1, -0.05) is 80.3 Å². The Balaban J connectivity index is 1.70. The van der Waals surface area contributed by atoms with Crippen LogP contribution in [-0.4, -0.2) is 56.9 Å². The van der Waals surface area contributed by atoms with Crippen molar-refractivity contribution < 1.29 is 22.7 Å². The Labute approximate surface area is 266 Å². The van der Waals surface area contributed by atoms with Gasteiger partial charge in [-0.25, -0.2) is 8.42 Å². The molecule has 0 aliphatic heterocycles. The quantitative estimate of drug-likeness (QED) is 0.226. The van der Waals surface area contributed by atoms with Gasteiger partial charge in [0.1, 0.15) is 18.3 Å². The first-order valence-electron chi connectivity index (χ1n) is 15.4. The Kier molecular flexibility index (Phi) is 12.1. The van der Waals surface area contributed by atoms with Crippen molar-refractivity contribution in [2.75, 3.05) is 24.0 Å². The minimum absolute atomic E-state index is 0.0149. The highest BCUT2D eigenvalue weighted by atomic mass is 35.5. The topological polar surface area (TPSA) is 96.0 Å². The number of carbonyl (C=O) groups is 2. The fourth-order valence-electron chi connectivity index (χ4n) is 5.63. The van der Waals surface area contributed by atoms with Crippen molar-refractivity contribution in [3.05, 3.63) is 89.4 Å². The number of carbonyl (C=O) groups excluding carboxylic acids is 2. The van der Waals surface area contributed by atoms with Gasteiger partial charge in [0, 0.05) is 17.6 Å². The number of hydrogen-bond acceptors (Lipinski definition) is 5. The van der Waals surface area contributed by atoms with Crippen LogP contribution in [0.15, 0.2) is 83.8 Å². The van der Waals surface area contributed by atoms with Crippen molar-refractivity contribution in [1.29, 1.82) is 0 Å². The van der Waals surface area contributed by atoms with Gasteiger partial charge in [-0.3, -0.25) is 13.9 Å². The van der Waals surface area contributed by atoms with Crippen molar-refractivity contribution in [3.63, 3.8) is 0 Å². The highest BCUT2D eigenvalue weighted by molar-refractivity contribution is 7.92. The first kappa shape index (κ1) is 33.3. The van der Waals surface area contributed by atoms with E-state index in [1.54, 1.807) is 29.2 Å². The highest BCUT2D eigenvalue weighted by Gasteiger charge is 2.35. The summed E-state index contributed by atoms with van der Waals surface area (Å²) < 4.78 is 35.2. The molecule has 3 aromatic carbocycles. The van der Waals surface area contributed by atoms with Crippen LogP contribution in [0.4, 0.5) is 5.69 Å². The Morgan fingerprint density at radius 3 is 2.25 bits per heavy atom. The largest absolute Gasteiger partial charge is 0.492 e. The zero-order chi connectivity index (χ0) is 31.5. The molecule has 1 saturated carbocycles. The lowest BCUT2D eigenvalue weighted by Gasteiger charge is -2.34. The number of nitrogens with zero attached hydrogens (tertiary/aromatic N) is 2. The molecule has 1 fully saturated rings. The second kappa shape index (κ2) is 16.0. The second-order valence-corrected chi connectivity index (χ2v) is 13.3. The van der Waals surface area contributed by atoms with E-state index in [0.717, 1.165) is 42.0 Å². The Morgan fingerprint density at radius 1 is 0.932 bits per heavy atom. The van der Waals surface area contributed by atoms with E-state index >= 15 is 0 Å². The molecule has 1 N–H and O–H groups in total. The van der Waals surface area contributed by atoms with Gasteiger partial charge in [0.25, 0.3) is 10.0 Å². The summed E-state index contributed by atoms with van der Waals surface area (Å²) in [6.07, 6.45) is 6.03. The van der Waals surface area contributed by atoms with E-state index in [4.69, 9.17) is 16.3 Å². The molecule has 44 heavy (non-hydrogen) atoms. The number of rotatable bonds is 14. The predicted molar refractivity (Wildman–Crippen MR) is 175 cm³/mol. The highest BCUT2D eigenvalue weighted by Crippen LogP contribution is 2.33. The number of hydrogen-bond donors (Lipinski definition) is 1. The van der Waals surface area contributed by atoms with Gasteiger partial charge in [0.05, 0.1) is 17.2 Å². The van der Waals surface area contributed by atoms with Gasteiger partial charge < -0.3 is 15.0 Å². The van der Waals surface area contributed by atoms with Crippen molar-refractivity contribution >= 4 is 39.1 Å². The number of benzene rings is 3. The summed E-state index contributed by atoms with van der Waals surface area (Å²) in [7, 11) is -4.24.